The number of nitrogens with zero attached hydrogens (tertiary/aromatic N) is 2. The van der Waals surface area contributed by atoms with Crippen LogP contribution in [0.5, 0.6) is 11.5 Å². The molecule has 1 atom stereocenters. The molecule has 4 aromatic rings. The van der Waals surface area contributed by atoms with Crippen molar-refractivity contribution in [2.24, 2.45) is 0 Å². The fourth-order valence-electron chi connectivity index (χ4n) is 4.81. The molecule has 0 aliphatic rings. The van der Waals surface area contributed by atoms with Crippen LogP contribution in [0.25, 0.3) is 0 Å². The largest absolute Gasteiger partial charge is 0.457 e. The van der Waals surface area contributed by atoms with E-state index in [9.17, 15) is 18.0 Å². The van der Waals surface area contributed by atoms with Gasteiger partial charge in [0, 0.05) is 13.1 Å². The summed E-state index contributed by atoms with van der Waals surface area (Å²) in [5, 5.41) is 2.91. The monoisotopic (exact) mass is 613 g/mol. The van der Waals surface area contributed by atoms with E-state index in [0.717, 1.165) is 21.9 Å². The third-order valence-electron chi connectivity index (χ3n) is 7.25. The summed E-state index contributed by atoms with van der Waals surface area (Å²) in [4.78, 5) is 29.0. The second-order valence-electron chi connectivity index (χ2n) is 10.4. The smallest absolute Gasteiger partial charge is 0.264 e. The van der Waals surface area contributed by atoms with Crippen molar-refractivity contribution in [3.63, 3.8) is 0 Å². The van der Waals surface area contributed by atoms with Gasteiger partial charge in [-0.2, -0.15) is 0 Å². The van der Waals surface area contributed by atoms with Crippen LogP contribution in [0.4, 0.5) is 5.69 Å². The maximum atomic E-state index is 14.2. The number of benzene rings is 4. The molecule has 9 heteroatoms. The Hall–Kier alpha value is -4.63. The molecule has 0 bridgehead atoms. The number of ether oxygens (including phenoxy) is 1. The molecule has 0 saturated heterocycles. The van der Waals surface area contributed by atoms with E-state index >= 15 is 0 Å². The Morgan fingerprint density at radius 3 is 2.00 bits per heavy atom. The second-order valence-corrected chi connectivity index (χ2v) is 12.3. The number of hydrogen-bond acceptors (Lipinski definition) is 5. The molecule has 0 saturated carbocycles. The number of anilines is 1. The first-order valence-corrected chi connectivity index (χ1v) is 16.2. The van der Waals surface area contributed by atoms with Gasteiger partial charge in [-0.1, -0.05) is 74.5 Å². The third-order valence-corrected chi connectivity index (χ3v) is 9.04. The van der Waals surface area contributed by atoms with E-state index in [-0.39, 0.29) is 17.3 Å². The van der Waals surface area contributed by atoms with Crippen LogP contribution in [0.1, 0.15) is 37.8 Å². The van der Waals surface area contributed by atoms with Gasteiger partial charge in [-0.3, -0.25) is 13.9 Å². The summed E-state index contributed by atoms with van der Waals surface area (Å²) in [6, 6.07) is 30.7. The average Bonchev–Trinajstić information content (AvgIpc) is 3.04. The zero-order valence-electron chi connectivity index (χ0n) is 25.3. The number of aryl methyl sites for hydroxylation is 1. The molecule has 44 heavy (non-hydrogen) atoms. The van der Waals surface area contributed by atoms with Crippen molar-refractivity contribution in [2.45, 2.75) is 51.1 Å². The molecule has 1 N–H and O–H groups in total. The fourth-order valence-corrected chi connectivity index (χ4v) is 6.25. The Kier molecular flexibility index (Phi) is 11.2. The molecule has 0 aliphatic heterocycles. The van der Waals surface area contributed by atoms with E-state index in [1.165, 1.54) is 17.0 Å². The number of amides is 2. The van der Waals surface area contributed by atoms with Gasteiger partial charge in [0.1, 0.15) is 24.1 Å². The molecule has 0 radical (unpaired) electrons. The standard InChI is InChI=1S/C35H39N3O5S/c1-4-24-36-35(40)33(5-2)37(25-28-15-13-12-14-27(28)3)34(39)26-38(44(41,42)32-18-10-7-11-19-32)29-20-22-31(23-21-29)43-30-16-8-6-9-17-30/h6-23,33H,4-5,24-26H2,1-3H3,(H,36,40)/t33-/m1/s1. The van der Waals surface area contributed by atoms with Gasteiger partial charge in [-0.05, 0) is 79.4 Å². The maximum absolute atomic E-state index is 14.2. The molecular weight excluding hydrogens is 574 g/mol. The van der Waals surface area contributed by atoms with E-state index in [2.05, 4.69) is 5.32 Å². The summed E-state index contributed by atoms with van der Waals surface area (Å²) >= 11 is 0. The quantitative estimate of drug-likeness (QED) is 0.180. The van der Waals surface area contributed by atoms with Crippen molar-refractivity contribution in [3.05, 3.63) is 120 Å². The topological polar surface area (TPSA) is 96.0 Å². The van der Waals surface area contributed by atoms with Crippen molar-refractivity contribution < 1.29 is 22.7 Å². The summed E-state index contributed by atoms with van der Waals surface area (Å²) in [5.74, 6) is 0.401. The molecular formula is C35H39N3O5S. The lowest BCUT2D eigenvalue weighted by atomic mass is 10.1. The maximum Gasteiger partial charge on any atom is 0.264 e. The Morgan fingerprint density at radius 2 is 1.39 bits per heavy atom. The second kappa shape index (κ2) is 15.2. The summed E-state index contributed by atoms with van der Waals surface area (Å²) in [5.41, 5.74) is 2.14. The Balaban J connectivity index is 1.71. The molecule has 0 aromatic heterocycles. The van der Waals surface area contributed by atoms with Crippen LogP contribution in [-0.2, 0) is 26.2 Å². The number of para-hydroxylation sites is 1. The van der Waals surface area contributed by atoms with Gasteiger partial charge in [-0.25, -0.2) is 8.42 Å². The first-order valence-electron chi connectivity index (χ1n) is 14.8. The van der Waals surface area contributed by atoms with E-state index in [0.29, 0.717) is 30.2 Å². The first-order chi connectivity index (χ1) is 21.2. The summed E-state index contributed by atoms with van der Waals surface area (Å²) in [7, 11) is -4.16. The molecule has 0 aliphatic carbocycles. The zero-order chi connectivity index (χ0) is 31.5. The predicted molar refractivity (Wildman–Crippen MR) is 173 cm³/mol. The van der Waals surface area contributed by atoms with Crippen LogP contribution in [0.2, 0.25) is 0 Å². The number of hydrogen-bond donors (Lipinski definition) is 1. The van der Waals surface area contributed by atoms with Gasteiger partial charge >= 0.3 is 0 Å². The van der Waals surface area contributed by atoms with Gasteiger partial charge in [0.2, 0.25) is 11.8 Å². The summed E-state index contributed by atoms with van der Waals surface area (Å²) < 4.78 is 35.1. The van der Waals surface area contributed by atoms with E-state index in [1.807, 2.05) is 75.4 Å². The lowest BCUT2D eigenvalue weighted by molar-refractivity contribution is -0.140. The fraction of sp³-hybridized carbons (Fsp3) is 0.257. The molecule has 4 rings (SSSR count). The van der Waals surface area contributed by atoms with Crippen LogP contribution in [0.15, 0.2) is 114 Å². The highest BCUT2D eigenvalue weighted by molar-refractivity contribution is 7.92. The minimum atomic E-state index is -4.16. The number of carbonyl (C=O) groups excluding carboxylic acids is 2. The number of nitrogens with one attached hydrogen (secondary N) is 1. The molecule has 230 valence electrons. The summed E-state index contributed by atoms with van der Waals surface area (Å²) in [6.45, 7) is 5.89. The molecule has 0 unspecified atom stereocenters. The SMILES string of the molecule is CCCNC(=O)[C@@H](CC)N(Cc1ccccc1C)C(=O)CN(c1ccc(Oc2ccccc2)cc1)S(=O)(=O)c1ccccc1. The van der Waals surface area contributed by atoms with Gasteiger partial charge in [0.25, 0.3) is 10.0 Å². The van der Waals surface area contributed by atoms with Crippen molar-refractivity contribution >= 4 is 27.5 Å². The summed E-state index contributed by atoms with van der Waals surface area (Å²) in [6.07, 6.45) is 1.12. The van der Waals surface area contributed by atoms with Crippen LogP contribution < -0.4 is 14.4 Å². The van der Waals surface area contributed by atoms with E-state index in [4.69, 9.17) is 4.74 Å². The molecule has 0 spiro atoms. The number of carbonyl (C=O) groups is 2. The van der Waals surface area contributed by atoms with E-state index in [1.54, 1.807) is 42.5 Å². The predicted octanol–water partition coefficient (Wildman–Crippen LogP) is 6.32. The highest BCUT2D eigenvalue weighted by Crippen LogP contribution is 2.29. The van der Waals surface area contributed by atoms with Crippen LogP contribution in [0, 0.1) is 6.92 Å². The van der Waals surface area contributed by atoms with Gasteiger partial charge in [0.15, 0.2) is 0 Å². The van der Waals surface area contributed by atoms with Crippen molar-refractivity contribution in [1.82, 2.24) is 10.2 Å². The highest BCUT2D eigenvalue weighted by atomic mass is 32.2. The van der Waals surface area contributed by atoms with E-state index < -0.39 is 28.5 Å². The first kappa shape index (κ1) is 32.3. The average molecular weight is 614 g/mol. The number of rotatable bonds is 14. The van der Waals surface area contributed by atoms with Crippen molar-refractivity contribution in [3.8, 4) is 11.5 Å². The zero-order valence-corrected chi connectivity index (χ0v) is 26.2. The Bertz CT molecular complexity index is 1630. The number of sulfonamides is 1. The minimum Gasteiger partial charge on any atom is -0.457 e. The molecule has 2 amide bonds. The lowest BCUT2D eigenvalue weighted by Gasteiger charge is -2.33. The molecule has 0 heterocycles. The highest BCUT2D eigenvalue weighted by Gasteiger charge is 2.33. The Labute approximate surface area is 260 Å². The van der Waals surface area contributed by atoms with Gasteiger partial charge in [-0.15, -0.1) is 0 Å². The van der Waals surface area contributed by atoms with Crippen molar-refractivity contribution in [1.29, 1.82) is 0 Å². The van der Waals surface area contributed by atoms with Crippen LogP contribution >= 0.6 is 0 Å². The van der Waals surface area contributed by atoms with Gasteiger partial charge in [0.05, 0.1) is 10.6 Å². The van der Waals surface area contributed by atoms with Crippen molar-refractivity contribution in [2.75, 3.05) is 17.4 Å². The third kappa shape index (κ3) is 8.05. The molecule has 8 nitrogen and oxygen atoms in total. The normalized spacial score (nSPS) is 11.8. The Morgan fingerprint density at radius 1 is 0.795 bits per heavy atom. The van der Waals surface area contributed by atoms with Gasteiger partial charge < -0.3 is 15.0 Å². The minimum absolute atomic E-state index is 0.0515. The lowest BCUT2D eigenvalue weighted by Crippen LogP contribution is -2.52. The molecule has 0 fully saturated rings. The van der Waals surface area contributed by atoms with Crippen LogP contribution in [-0.4, -0.2) is 44.3 Å². The molecule has 4 aromatic carbocycles. The van der Waals surface area contributed by atoms with Crippen LogP contribution in [0.3, 0.4) is 0 Å².